The van der Waals surface area contributed by atoms with Crippen LogP contribution in [0.4, 0.5) is 0 Å². The lowest BCUT2D eigenvalue weighted by molar-refractivity contribution is 0.461. The number of benzene rings is 1. The number of thiocarbonyl (C=S) groups is 1. The van der Waals surface area contributed by atoms with Gasteiger partial charge >= 0.3 is 0 Å². The minimum Gasteiger partial charge on any atom is -0.396 e. The van der Waals surface area contributed by atoms with E-state index in [-0.39, 0.29) is 0 Å². The minimum atomic E-state index is 0.750. The molecule has 1 aromatic rings. The van der Waals surface area contributed by atoms with Gasteiger partial charge in [0.1, 0.15) is 0 Å². The molecule has 1 atom stereocenters. The quantitative estimate of drug-likeness (QED) is 0.714. The summed E-state index contributed by atoms with van der Waals surface area (Å²) in [5.41, 5.74) is 7.11. The lowest BCUT2D eigenvalue weighted by Gasteiger charge is -2.22. The molecule has 2 nitrogen and oxygen atoms in total. The number of hydrogen-bond donors (Lipinski definition) is 2. The first-order chi connectivity index (χ1) is 7.38. The van der Waals surface area contributed by atoms with Crippen molar-refractivity contribution in [3.8, 4) is 0 Å². The van der Waals surface area contributed by atoms with Crippen molar-refractivity contribution < 1.29 is 0 Å². The largest absolute Gasteiger partial charge is 0.396 e. The van der Waals surface area contributed by atoms with Gasteiger partial charge in [0.15, 0.2) is 0 Å². The highest BCUT2D eigenvalue weighted by Gasteiger charge is 2.13. The van der Waals surface area contributed by atoms with Gasteiger partial charge in [0, 0.05) is 6.54 Å². The Morgan fingerprint density at radius 1 is 1.33 bits per heavy atom. The van der Waals surface area contributed by atoms with Crippen LogP contribution in [0.25, 0.3) is 0 Å². The van der Waals surface area contributed by atoms with E-state index in [1.807, 2.05) is 0 Å². The summed E-state index contributed by atoms with van der Waals surface area (Å²) in [6.45, 7) is 2.35. The standard InChI is InChI=1S/C11H15N.CH3NS/c1-2-5-10(6-3-1)11-7-4-8-12-9-11;2-1-3/h1-3,5-6,11-12H,4,7-9H2;1H,(H2,2,3). The predicted molar refractivity (Wildman–Crippen MR) is 69.1 cm³/mol. The summed E-state index contributed by atoms with van der Waals surface area (Å²) in [5, 5.41) is 3.43. The number of piperidine rings is 1. The summed E-state index contributed by atoms with van der Waals surface area (Å²) >= 11 is 4.05. The lowest BCUT2D eigenvalue weighted by Crippen LogP contribution is -2.28. The molecule has 2 rings (SSSR count). The van der Waals surface area contributed by atoms with Gasteiger partial charge < -0.3 is 11.1 Å². The van der Waals surface area contributed by atoms with Gasteiger partial charge in [-0.2, -0.15) is 0 Å². The minimum absolute atomic E-state index is 0.750. The van der Waals surface area contributed by atoms with Gasteiger partial charge in [-0.15, -0.1) is 0 Å². The predicted octanol–water partition coefficient (Wildman–Crippen LogP) is 2.06. The van der Waals surface area contributed by atoms with E-state index in [4.69, 9.17) is 0 Å². The van der Waals surface area contributed by atoms with Crippen molar-refractivity contribution in [3.05, 3.63) is 35.9 Å². The van der Waals surface area contributed by atoms with Crippen LogP contribution in [0.2, 0.25) is 0 Å². The van der Waals surface area contributed by atoms with Crippen molar-refractivity contribution >= 4 is 17.7 Å². The number of rotatable bonds is 1. The van der Waals surface area contributed by atoms with Crippen LogP contribution in [-0.4, -0.2) is 18.6 Å². The molecule has 3 N–H and O–H groups in total. The van der Waals surface area contributed by atoms with Gasteiger partial charge in [0.2, 0.25) is 0 Å². The van der Waals surface area contributed by atoms with Crippen LogP contribution in [0.3, 0.4) is 0 Å². The van der Waals surface area contributed by atoms with Crippen molar-refractivity contribution in [2.24, 2.45) is 5.73 Å². The van der Waals surface area contributed by atoms with E-state index in [1.165, 1.54) is 24.9 Å². The molecule has 3 heteroatoms. The van der Waals surface area contributed by atoms with E-state index in [1.54, 1.807) is 0 Å². The number of hydrogen-bond acceptors (Lipinski definition) is 2. The van der Waals surface area contributed by atoms with Gasteiger partial charge in [0.25, 0.3) is 0 Å². The van der Waals surface area contributed by atoms with Crippen molar-refractivity contribution in [3.63, 3.8) is 0 Å². The third-order valence-corrected chi connectivity index (χ3v) is 2.57. The molecule has 1 saturated heterocycles. The van der Waals surface area contributed by atoms with Crippen LogP contribution >= 0.6 is 12.2 Å². The topological polar surface area (TPSA) is 38.0 Å². The maximum Gasteiger partial charge on any atom is 0.0588 e. The van der Waals surface area contributed by atoms with Crippen LogP contribution < -0.4 is 11.1 Å². The third-order valence-electron chi connectivity index (χ3n) is 2.57. The summed E-state index contributed by atoms with van der Waals surface area (Å²) in [6, 6.07) is 10.8. The first kappa shape index (κ1) is 12.1. The maximum atomic E-state index is 4.54. The molecule has 0 saturated carbocycles. The van der Waals surface area contributed by atoms with E-state index in [0.29, 0.717) is 0 Å². The highest BCUT2D eigenvalue weighted by atomic mass is 32.1. The summed E-state index contributed by atoms with van der Waals surface area (Å²) in [4.78, 5) is 0. The second-order valence-corrected chi connectivity index (χ2v) is 3.86. The van der Waals surface area contributed by atoms with Gasteiger partial charge in [0.05, 0.1) is 5.49 Å². The van der Waals surface area contributed by atoms with Gasteiger partial charge in [-0.1, -0.05) is 42.5 Å². The normalized spacial score (nSPS) is 19.9. The molecule has 1 unspecified atom stereocenters. The molecule has 1 aliphatic heterocycles. The average Bonchev–Trinajstić information content (AvgIpc) is 2.32. The summed E-state index contributed by atoms with van der Waals surface area (Å²) in [6.07, 6.45) is 2.66. The number of nitrogens with two attached hydrogens (primary N) is 1. The van der Waals surface area contributed by atoms with Gasteiger partial charge in [-0.05, 0) is 30.9 Å². The second kappa shape index (κ2) is 7.37. The Kier molecular flexibility index (Phi) is 5.97. The zero-order valence-electron chi connectivity index (χ0n) is 8.86. The van der Waals surface area contributed by atoms with Crippen LogP contribution in [0.1, 0.15) is 24.3 Å². The SMILES string of the molecule is NC=S.c1ccc(C2CCCNC2)cc1. The Morgan fingerprint density at radius 3 is 2.53 bits per heavy atom. The summed E-state index contributed by atoms with van der Waals surface area (Å²) < 4.78 is 0. The van der Waals surface area contributed by atoms with Crippen molar-refractivity contribution in [2.45, 2.75) is 18.8 Å². The maximum absolute atomic E-state index is 4.54. The molecule has 0 aromatic heterocycles. The van der Waals surface area contributed by atoms with E-state index in [2.05, 4.69) is 53.6 Å². The Morgan fingerprint density at radius 2 is 2.00 bits per heavy atom. The molecular formula is C12H18N2S. The molecule has 1 aromatic carbocycles. The smallest absolute Gasteiger partial charge is 0.0588 e. The van der Waals surface area contributed by atoms with E-state index in [0.717, 1.165) is 18.0 Å². The molecule has 0 spiro atoms. The van der Waals surface area contributed by atoms with E-state index in [9.17, 15) is 0 Å². The summed E-state index contributed by atoms with van der Waals surface area (Å²) in [7, 11) is 0. The molecule has 1 heterocycles. The zero-order chi connectivity index (χ0) is 10.9. The van der Waals surface area contributed by atoms with Crippen molar-refractivity contribution in [1.29, 1.82) is 0 Å². The summed E-state index contributed by atoms with van der Waals surface area (Å²) in [5.74, 6) is 0.750. The van der Waals surface area contributed by atoms with Gasteiger partial charge in [-0.25, -0.2) is 0 Å². The Labute approximate surface area is 96.9 Å². The monoisotopic (exact) mass is 222 g/mol. The Bertz CT molecular complexity index is 268. The second-order valence-electron chi connectivity index (χ2n) is 3.59. The van der Waals surface area contributed by atoms with Crippen LogP contribution in [-0.2, 0) is 0 Å². The van der Waals surface area contributed by atoms with E-state index < -0.39 is 0 Å². The molecule has 0 bridgehead atoms. The first-order valence-corrected chi connectivity index (χ1v) is 5.76. The fourth-order valence-corrected chi connectivity index (χ4v) is 1.86. The first-order valence-electron chi connectivity index (χ1n) is 5.29. The third kappa shape index (κ3) is 4.40. The lowest BCUT2D eigenvalue weighted by atomic mass is 9.92. The molecule has 1 aliphatic rings. The fraction of sp³-hybridized carbons (Fsp3) is 0.417. The van der Waals surface area contributed by atoms with Crippen molar-refractivity contribution in [1.82, 2.24) is 5.32 Å². The highest BCUT2D eigenvalue weighted by molar-refractivity contribution is 7.78. The molecule has 0 aliphatic carbocycles. The highest BCUT2D eigenvalue weighted by Crippen LogP contribution is 2.22. The molecule has 82 valence electrons. The number of nitrogens with one attached hydrogen (secondary N) is 1. The molecular weight excluding hydrogens is 204 g/mol. The van der Waals surface area contributed by atoms with Gasteiger partial charge in [-0.3, -0.25) is 0 Å². The Balaban J connectivity index is 0.000000337. The van der Waals surface area contributed by atoms with Crippen LogP contribution in [0, 0.1) is 0 Å². The molecule has 1 fully saturated rings. The fourth-order valence-electron chi connectivity index (χ4n) is 1.86. The van der Waals surface area contributed by atoms with Crippen molar-refractivity contribution in [2.75, 3.05) is 13.1 Å². The zero-order valence-corrected chi connectivity index (χ0v) is 9.67. The molecule has 15 heavy (non-hydrogen) atoms. The average molecular weight is 222 g/mol. The molecule has 0 radical (unpaired) electrons. The molecule has 0 amide bonds. The Hall–Kier alpha value is -0.930. The van der Waals surface area contributed by atoms with Crippen LogP contribution in [0.15, 0.2) is 30.3 Å². The van der Waals surface area contributed by atoms with E-state index >= 15 is 0 Å². The van der Waals surface area contributed by atoms with Crippen LogP contribution in [0.5, 0.6) is 0 Å².